The lowest BCUT2D eigenvalue weighted by Gasteiger charge is -2.09. The molecule has 4 aromatic rings. The Bertz CT molecular complexity index is 1330. The van der Waals surface area contributed by atoms with Crippen LogP contribution in [0.25, 0.3) is 11.0 Å². The number of hydrogen-bond donors (Lipinski definition) is 3. The van der Waals surface area contributed by atoms with Crippen LogP contribution in [0, 0.1) is 5.82 Å². The molecule has 4 rings (SSSR count). The number of aromatic nitrogens is 2. The molecule has 0 bridgehead atoms. The monoisotopic (exact) mass is 456 g/mol. The molecule has 0 saturated carbocycles. The molecule has 3 N–H and O–H groups in total. The lowest BCUT2D eigenvalue weighted by atomic mass is 10.1. The van der Waals surface area contributed by atoms with E-state index in [4.69, 9.17) is 0 Å². The Kier molecular flexibility index (Phi) is 5.82. The van der Waals surface area contributed by atoms with Crippen LogP contribution in [0.1, 0.15) is 31.8 Å². The fourth-order valence-corrected chi connectivity index (χ4v) is 3.18. The van der Waals surface area contributed by atoms with E-state index in [0.29, 0.717) is 16.6 Å². The third kappa shape index (κ3) is 5.00. The topological polar surface area (TPSA) is 86.9 Å². The van der Waals surface area contributed by atoms with Crippen molar-refractivity contribution in [1.82, 2.24) is 15.3 Å². The molecular formula is C23H16F4N4O2. The Balaban J connectivity index is 1.51. The summed E-state index contributed by atoms with van der Waals surface area (Å²) in [7, 11) is 0. The minimum Gasteiger partial charge on any atom is -0.348 e. The minimum atomic E-state index is -4.57. The number of carbonyl (C=O) groups excluding carboxylic acids is 2. The number of nitrogens with zero attached hydrogens (tertiary/aromatic N) is 1. The molecule has 0 fully saturated rings. The van der Waals surface area contributed by atoms with Crippen LogP contribution >= 0.6 is 0 Å². The Morgan fingerprint density at radius 2 is 1.76 bits per heavy atom. The van der Waals surface area contributed by atoms with Gasteiger partial charge in [-0.1, -0.05) is 18.2 Å². The fraction of sp³-hybridized carbons (Fsp3) is 0.0870. The minimum absolute atomic E-state index is 0.170. The number of nitrogens with one attached hydrogen (secondary N) is 3. The molecule has 0 saturated heterocycles. The molecule has 0 aliphatic heterocycles. The van der Waals surface area contributed by atoms with Crippen molar-refractivity contribution in [3.8, 4) is 0 Å². The van der Waals surface area contributed by atoms with Crippen LogP contribution in [0.4, 0.5) is 23.2 Å². The summed E-state index contributed by atoms with van der Waals surface area (Å²) < 4.78 is 51.7. The third-order valence-electron chi connectivity index (χ3n) is 4.85. The van der Waals surface area contributed by atoms with Crippen molar-refractivity contribution in [3.05, 3.63) is 95.1 Å². The molecule has 6 nitrogen and oxygen atoms in total. The number of pyridine rings is 1. The van der Waals surface area contributed by atoms with Gasteiger partial charge in [-0.3, -0.25) is 9.59 Å². The molecule has 0 atom stereocenters. The molecule has 0 aliphatic carbocycles. The first-order valence-electron chi connectivity index (χ1n) is 9.69. The van der Waals surface area contributed by atoms with Gasteiger partial charge < -0.3 is 15.6 Å². The highest BCUT2D eigenvalue weighted by atomic mass is 19.4. The number of aromatic amines is 1. The second-order valence-corrected chi connectivity index (χ2v) is 7.16. The van der Waals surface area contributed by atoms with Gasteiger partial charge in [-0.2, -0.15) is 13.2 Å². The van der Waals surface area contributed by atoms with Gasteiger partial charge in [0.25, 0.3) is 11.8 Å². The summed E-state index contributed by atoms with van der Waals surface area (Å²) in [4.78, 5) is 32.1. The normalized spacial score (nSPS) is 11.4. The zero-order valence-corrected chi connectivity index (χ0v) is 16.8. The van der Waals surface area contributed by atoms with Crippen LogP contribution in [-0.2, 0) is 12.7 Å². The van der Waals surface area contributed by atoms with E-state index in [2.05, 4.69) is 20.6 Å². The highest BCUT2D eigenvalue weighted by Crippen LogP contribution is 2.30. The summed E-state index contributed by atoms with van der Waals surface area (Å²) in [6.45, 7) is 0.172. The highest BCUT2D eigenvalue weighted by molar-refractivity contribution is 6.08. The van der Waals surface area contributed by atoms with E-state index < -0.39 is 23.6 Å². The first-order valence-corrected chi connectivity index (χ1v) is 9.69. The van der Waals surface area contributed by atoms with Crippen molar-refractivity contribution in [2.75, 3.05) is 5.32 Å². The van der Waals surface area contributed by atoms with E-state index in [-0.39, 0.29) is 29.2 Å². The summed E-state index contributed by atoms with van der Waals surface area (Å²) in [5.74, 6) is -1.55. The largest absolute Gasteiger partial charge is 0.416 e. The van der Waals surface area contributed by atoms with Gasteiger partial charge in [-0.15, -0.1) is 0 Å². The SMILES string of the molecule is O=C(Nc1cnc2[nH]cc(C(=O)NCc3ccc(F)cc3)c2c1)c1cccc(C(F)(F)F)c1. The maximum atomic E-state index is 13.0. The van der Waals surface area contributed by atoms with Crippen molar-refractivity contribution < 1.29 is 27.2 Å². The van der Waals surface area contributed by atoms with Gasteiger partial charge in [-0.25, -0.2) is 9.37 Å². The maximum Gasteiger partial charge on any atom is 0.416 e. The zero-order chi connectivity index (χ0) is 23.6. The quantitative estimate of drug-likeness (QED) is 0.373. The number of halogens is 4. The van der Waals surface area contributed by atoms with Crippen LogP contribution in [0.2, 0.25) is 0 Å². The molecule has 0 radical (unpaired) electrons. The van der Waals surface area contributed by atoms with Gasteiger partial charge in [0.05, 0.1) is 23.0 Å². The Morgan fingerprint density at radius 1 is 1.00 bits per heavy atom. The second-order valence-electron chi connectivity index (χ2n) is 7.16. The van der Waals surface area contributed by atoms with Gasteiger partial charge in [0, 0.05) is 23.7 Å². The number of carbonyl (C=O) groups is 2. The summed E-state index contributed by atoms with van der Waals surface area (Å²) in [6, 6.07) is 11.2. The smallest absolute Gasteiger partial charge is 0.348 e. The fourth-order valence-electron chi connectivity index (χ4n) is 3.18. The van der Waals surface area contributed by atoms with E-state index in [0.717, 1.165) is 18.2 Å². The molecule has 33 heavy (non-hydrogen) atoms. The lowest BCUT2D eigenvalue weighted by Crippen LogP contribution is -2.22. The molecule has 0 unspecified atom stereocenters. The molecular weight excluding hydrogens is 440 g/mol. The molecule has 2 aromatic heterocycles. The van der Waals surface area contributed by atoms with Crippen LogP contribution in [-0.4, -0.2) is 21.8 Å². The first kappa shape index (κ1) is 22.0. The average Bonchev–Trinajstić information content (AvgIpc) is 3.21. The van der Waals surface area contributed by atoms with Gasteiger partial charge in [0.2, 0.25) is 0 Å². The number of fused-ring (bicyclic) bond motifs is 1. The predicted octanol–water partition coefficient (Wildman–Crippen LogP) is 4.90. The zero-order valence-electron chi connectivity index (χ0n) is 16.8. The van der Waals surface area contributed by atoms with Gasteiger partial charge >= 0.3 is 6.18 Å². The maximum absolute atomic E-state index is 13.0. The van der Waals surface area contributed by atoms with E-state index >= 15 is 0 Å². The van der Waals surface area contributed by atoms with E-state index in [1.54, 1.807) is 12.1 Å². The molecule has 2 aromatic carbocycles. The van der Waals surface area contributed by atoms with E-state index in [1.807, 2.05) is 0 Å². The number of hydrogen-bond acceptors (Lipinski definition) is 3. The number of benzene rings is 2. The number of rotatable bonds is 5. The van der Waals surface area contributed by atoms with E-state index in [9.17, 15) is 27.2 Å². The van der Waals surface area contributed by atoms with Crippen LogP contribution < -0.4 is 10.6 Å². The van der Waals surface area contributed by atoms with Gasteiger partial charge in [-0.05, 0) is 42.0 Å². The molecule has 0 spiro atoms. The van der Waals surface area contributed by atoms with E-state index in [1.165, 1.54) is 36.7 Å². The Hall–Kier alpha value is -4.21. The molecule has 168 valence electrons. The Labute approximate surface area is 184 Å². The summed E-state index contributed by atoms with van der Waals surface area (Å²) in [5, 5.41) is 5.63. The standard InChI is InChI=1S/C23H16F4N4O2/c24-16-6-4-13(5-7-16)10-30-22(33)19-12-29-20-18(19)9-17(11-28-20)31-21(32)14-2-1-3-15(8-14)23(25,26)27/h1-9,11-12H,10H2,(H,28,29)(H,30,33)(H,31,32). The molecule has 10 heteroatoms. The average molecular weight is 456 g/mol. The Morgan fingerprint density at radius 3 is 2.48 bits per heavy atom. The van der Waals surface area contributed by atoms with Crippen molar-refractivity contribution in [3.63, 3.8) is 0 Å². The number of alkyl halides is 3. The summed E-state index contributed by atoms with van der Waals surface area (Å²) in [6.07, 6.45) is -1.79. The van der Waals surface area contributed by atoms with Crippen LogP contribution in [0.5, 0.6) is 0 Å². The highest BCUT2D eigenvalue weighted by Gasteiger charge is 2.30. The van der Waals surface area contributed by atoms with Crippen molar-refractivity contribution in [2.24, 2.45) is 0 Å². The second kappa shape index (κ2) is 8.73. The number of amides is 2. The van der Waals surface area contributed by atoms with Gasteiger partial charge in [0.1, 0.15) is 11.5 Å². The number of H-pyrrole nitrogens is 1. The molecule has 2 amide bonds. The number of anilines is 1. The predicted molar refractivity (Wildman–Crippen MR) is 113 cm³/mol. The summed E-state index contributed by atoms with van der Waals surface area (Å²) in [5.41, 5.74) is 0.452. The molecule has 2 heterocycles. The van der Waals surface area contributed by atoms with Crippen molar-refractivity contribution >= 4 is 28.5 Å². The first-order chi connectivity index (χ1) is 15.7. The third-order valence-corrected chi connectivity index (χ3v) is 4.85. The van der Waals surface area contributed by atoms with Crippen molar-refractivity contribution in [2.45, 2.75) is 12.7 Å². The van der Waals surface area contributed by atoms with Crippen molar-refractivity contribution in [1.29, 1.82) is 0 Å². The van der Waals surface area contributed by atoms with Gasteiger partial charge in [0.15, 0.2) is 0 Å². The summed E-state index contributed by atoms with van der Waals surface area (Å²) >= 11 is 0. The van der Waals surface area contributed by atoms with Crippen LogP contribution in [0.15, 0.2) is 67.0 Å². The lowest BCUT2D eigenvalue weighted by molar-refractivity contribution is -0.137. The molecule has 0 aliphatic rings. The van der Waals surface area contributed by atoms with Crippen LogP contribution in [0.3, 0.4) is 0 Å².